The van der Waals surface area contributed by atoms with E-state index in [1.807, 2.05) is 59.1 Å². The smallest absolute Gasteiger partial charge is 0.407 e. The van der Waals surface area contributed by atoms with Crippen LogP contribution in [0, 0.1) is 0 Å². The van der Waals surface area contributed by atoms with Gasteiger partial charge in [0.2, 0.25) is 0 Å². The monoisotopic (exact) mass is 308 g/mol. The second-order valence-electron chi connectivity index (χ2n) is 6.47. The third-order valence-electron chi connectivity index (χ3n) is 2.81. The molecule has 0 atom stereocenters. The molecule has 0 heterocycles. The van der Waals surface area contributed by atoms with Gasteiger partial charge in [-0.25, -0.2) is 4.79 Å². The Morgan fingerprint density at radius 3 is 2.36 bits per heavy atom. The molecule has 124 valence electrons. The minimum absolute atomic E-state index is 0.379. The molecule has 1 rings (SSSR count). The summed E-state index contributed by atoms with van der Waals surface area (Å²) in [5.74, 6) is 0.866. The molecule has 22 heavy (non-hydrogen) atoms. The molecule has 0 aliphatic carbocycles. The van der Waals surface area contributed by atoms with Crippen LogP contribution in [0.3, 0.4) is 0 Å². The van der Waals surface area contributed by atoms with E-state index in [1.165, 1.54) is 0 Å². The molecule has 0 unspecified atom stereocenters. The molecule has 0 fully saturated rings. The zero-order valence-corrected chi connectivity index (χ0v) is 14.3. The molecular weight excluding hydrogens is 280 g/mol. The van der Waals surface area contributed by atoms with Gasteiger partial charge in [0.1, 0.15) is 18.0 Å². The topological polar surface area (TPSA) is 50.8 Å². The lowest BCUT2D eigenvalue weighted by Crippen LogP contribution is -2.33. The summed E-state index contributed by atoms with van der Waals surface area (Å²) in [5, 5.41) is 2.75. The number of hydrogen-bond acceptors (Lipinski definition) is 4. The summed E-state index contributed by atoms with van der Waals surface area (Å²) in [4.78, 5) is 13.6. The fourth-order valence-corrected chi connectivity index (χ4v) is 1.72. The van der Waals surface area contributed by atoms with Crippen LogP contribution in [0.15, 0.2) is 24.3 Å². The second-order valence-corrected chi connectivity index (χ2v) is 6.47. The number of benzene rings is 1. The number of ether oxygens (including phenoxy) is 2. The van der Waals surface area contributed by atoms with E-state index < -0.39 is 5.60 Å². The largest absolute Gasteiger partial charge is 0.492 e. The lowest BCUT2D eigenvalue weighted by Gasteiger charge is -2.19. The number of rotatable bonds is 7. The normalized spacial score (nSPS) is 11.4. The molecule has 0 saturated carbocycles. The fourth-order valence-electron chi connectivity index (χ4n) is 1.72. The SMILES string of the molecule is CN(C)CCOc1ccc(CCNC(=O)OC(C)(C)C)cc1. The van der Waals surface area contributed by atoms with Gasteiger partial charge in [-0.05, 0) is 59.0 Å². The van der Waals surface area contributed by atoms with Crippen LogP contribution in [0.4, 0.5) is 4.79 Å². The highest BCUT2D eigenvalue weighted by molar-refractivity contribution is 5.67. The van der Waals surface area contributed by atoms with E-state index >= 15 is 0 Å². The van der Waals surface area contributed by atoms with E-state index in [1.54, 1.807) is 0 Å². The van der Waals surface area contributed by atoms with Crippen LogP contribution in [0.2, 0.25) is 0 Å². The van der Waals surface area contributed by atoms with Crippen LogP contribution in [0.5, 0.6) is 5.75 Å². The number of hydrogen-bond donors (Lipinski definition) is 1. The van der Waals surface area contributed by atoms with Gasteiger partial charge in [0.05, 0.1) is 0 Å². The standard InChI is InChI=1S/C17H28N2O3/c1-17(2,3)22-16(20)18-11-10-14-6-8-15(9-7-14)21-13-12-19(4)5/h6-9H,10-13H2,1-5H3,(H,18,20). The van der Waals surface area contributed by atoms with E-state index in [0.29, 0.717) is 13.2 Å². The highest BCUT2D eigenvalue weighted by Crippen LogP contribution is 2.12. The summed E-state index contributed by atoms with van der Waals surface area (Å²) in [5.41, 5.74) is 0.686. The number of likely N-dealkylation sites (N-methyl/N-ethyl adjacent to an activating group) is 1. The molecule has 0 bridgehead atoms. The van der Waals surface area contributed by atoms with E-state index in [4.69, 9.17) is 9.47 Å². The van der Waals surface area contributed by atoms with Crippen LogP contribution >= 0.6 is 0 Å². The Morgan fingerprint density at radius 2 is 1.82 bits per heavy atom. The maximum absolute atomic E-state index is 11.5. The first kappa shape index (κ1) is 18.3. The van der Waals surface area contributed by atoms with Crippen LogP contribution < -0.4 is 10.1 Å². The highest BCUT2D eigenvalue weighted by Gasteiger charge is 2.15. The molecule has 1 aromatic rings. The van der Waals surface area contributed by atoms with Gasteiger partial charge >= 0.3 is 6.09 Å². The molecule has 1 N–H and O–H groups in total. The van der Waals surface area contributed by atoms with Gasteiger partial charge in [-0.15, -0.1) is 0 Å². The molecule has 0 aliphatic heterocycles. The van der Waals surface area contributed by atoms with Crippen LogP contribution in [-0.2, 0) is 11.2 Å². The number of carbonyl (C=O) groups excluding carboxylic acids is 1. The summed E-state index contributed by atoms with van der Waals surface area (Å²) in [6.45, 7) is 7.66. The predicted octanol–water partition coefficient (Wildman–Crippen LogP) is 2.69. The molecule has 0 saturated heterocycles. The van der Waals surface area contributed by atoms with Gasteiger partial charge in [-0.1, -0.05) is 12.1 Å². The Morgan fingerprint density at radius 1 is 1.18 bits per heavy atom. The van der Waals surface area contributed by atoms with Crippen molar-refractivity contribution in [2.75, 3.05) is 33.8 Å². The van der Waals surface area contributed by atoms with Crippen LogP contribution in [-0.4, -0.2) is 50.4 Å². The summed E-state index contributed by atoms with van der Waals surface area (Å²) in [7, 11) is 4.04. The van der Waals surface area contributed by atoms with Gasteiger partial charge in [0, 0.05) is 13.1 Å². The zero-order chi connectivity index (χ0) is 16.6. The first-order valence-electron chi connectivity index (χ1n) is 7.59. The Labute approximate surface area is 133 Å². The van der Waals surface area contributed by atoms with Crippen molar-refractivity contribution < 1.29 is 14.3 Å². The molecule has 0 radical (unpaired) electrons. The van der Waals surface area contributed by atoms with Gasteiger partial charge in [-0.3, -0.25) is 0 Å². The Balaban J connectivity index is 2.28. The fraction of sp³-hybridized carbons (Fsp3) is 0.588. The zero-order valence-electron chi connectivity index (χ0n) is 14.3. The molecule has 1 aromatic carbocycles. The quantitative estimate of drug-likeness (QED) is 0.841. The first-order chi connectivity index (χ1) is 10.3. The Hall–Kier alpha value is -1.75. The number of carbonyl (C=O) groups is 1. The van der Waals surface area contributed by atoms with Gasteiger partial charge in [0.25, 0.3) is 0 Å². The summed E-state index contributed by atoms with van der Waals surface area (Å²) < 4.78 is 10.8. The van der Waals surface area contributed by atoms with Crippen LogP contribution in [0.1, 0.15) is 26.3 Å². The Bertz CT molecular complexity index is 450. The Kier molecular flexibility index (Phi) is 7.18. The lowest BCUT2D eigenvalue weighted by atomic mass is 10.1. The average molecular weight is 308 g/mol. The van der Waals surface area contributed by atoms with Gasteiger partial charge < -0.3 is 19.7 Å². The summed E-state index contributed by atoms with van der Waals surface area (Å²) >= 11 is 0. The van der Waals surface area contributed by atoms with Crippen molar-refractivity contribution in [2.24, 2.45) is 0 Å². The molecule has 5 heteroatoms. The van der Waals surface area contributed by atoms with Crippen molar-refractivity contribution >= 4 is 6.09 Å². The minimum Gasteiger partial charge on any atom is -0.492 e. The van der Waals surface area contributed by atoms with Crippen molar-refractivity contribution in [3.05, 3.63) is 29.8 Å². The minimum atomic E-state index is -0.463. The molecule has 0 spiro atoms. The third kappa shape index (κ3) is 8.52. The van der Waals surface area contributed by atoms with Crippen molar-refractivity contribution in [1.29, 1.82) is 0 Å². The van der Waals surface area contributed by atoms with Crippen molar-refractivity contribution in [1.82, 2.24) is 10.2 Å². The van der Waals surface area contributed by atoms with Gasteiger partial charge in [-0.2, -0.15) is 0 Å². The number of alkyl carbamates (subject to hydrolysis) is 1. The van der Waals surface area contributed by atoms with E-state index in [-0.39, 0.29) is 6.09 Å². The molecule has 1 amide bonds. The molecule has 5 nitrogen and oxygen atoms in total. The maximum Gasteiger partial charge on any atom is 0.407 e. The number of nitrogens with zero attached hydrogens (tertiary/aromatic N) is 1. The van der Waals surface area contributed by atoms with Gasteiger partial charge in [0.15, 0.2) is 0 Å². The first-order valence-corrected chi connectivity index (χ1v) is 7.59. The third-order valence-corrected chi connectivity index (χ3v) is 2.81. The summed E-state index contributed by atoms with van der Waals surface area (Å²) in [6, 6.07) is 7.94. The molecular formula is C17H28N2O3. The summed E-state index contributed by atoms with van der Waals surface area (Å²) in [6.07, 6.45) is 0.383. The van der Waals surface area contributed by atoms with Crippen molar-refractivity contribution in [2.45, 2.75) is 32.8 Å². The van der Waals surface area contributed by atoms with E-state index in [0.717, 1.165) is 24.3 Å². The van der Waals surface area contributed by atoms with Crippen molar-refractivity contribution in [3.8, 4) is 5.75 Å². The van der Waals surface area contributed by atoms with Crippen molar-refractivity contribution in [3.63, 3.8) is 0 Å². The number of nitrogens with one attached hydrogen (secondary N) is 1. The predicted molar refractivity (Wildman–Crippen MR) is 88.4 cm³/mol. The molecule has 0 aromatic heterocycles. The van der Waals surface area contributed by atoms with E-state index in [9.17, 15) is 4.79 Å². The average Bonchev–Trinajstić information content (AvgIpc) is 2.38. The molecule has 0 aliphatic rings. The number of amides is 1. The highest BCUT2D eigenvalue weighted by atomic mass is 16.6. The second kappa shape index (κ2) is 8.63. The lowest BCUT2D eigenvalue weighted by molar-refractivity contribution is 0.0528. The van der Waals surface area contributed by atoms with E-state index in [2.05, 4.69) is 10.2 Å². The van der Waals surface area contributed by atoms with Crippen LogP contribution in [0.25, 0.3) is 0 Å². The maximum atomic E-state index is 11.5.